The van der Waals surface area contributed by atoms with Crippen molar-refractivity contribution in [3.05, 3.63) is 65.4 Å². The van der Waals surface area contributed by atoms with E-state index in [0.717, 1.165) is 42.4 Å². The Morgan fingerprint density at radius 3 is 2.68 bits per heavy atom. The first-order chi connectivity index (χ1) is 14.8. The molecule has 1 aliphatic heterocycles. The molecule has 0 amide bonds. The molecule has 1 aromatic carbocycles. The number of aryl methyl sites for hydroxylation is 2. The molecule has 162 valence electrons. The second kappa shape index (κ2) is 7.35. The molecule has 0 spiro atoms. The fourth-order valence-electron chi connectivity index (χ4n) is 5.26. The number of hydrogen-bond donors (Lipinski definition) is 0. The first-order valence-corrected chi connectivity index (χ1v) is 10.6. The summed E-state index contributed by atoms with van der Waals surface area (Å²) < 4.78 is 42.4. The first kappa shape index (κ1) is 20.0. The van der Waals surface area contributed by atoms with Crippen molar-refractivity contribution in [3.8, 4) is 5.69 Å². The molecule has 3 unspecified atom stereocenters. The quantitative estimate of drug-likeness (QED) is 0.571. The van der Waals surface area contributed by atoms with Gasteiger partial charge in [-0.05, 0) is 68.4 Å². The molecular weight excluding hydrogens is 403 g/mol. The summed E-state index contributed by atoms with van der Waals surface area (Å²) in [5, 5.41) is 8.63. The minimum absolute atomic E-state index is 0.161. The summed E-state index contributed by atoms with van der Waals surface area (Å²) in [4.78, 5) is 6.52. The SMILES string of the molecule is Cc1cccc(-n2cnnc2C2C3CCCC3CN2c2cc(C(F)(F)F)cc(C)n2)c1. The van der Waals surface area contributed by atoms with Gasteiger partial charge in [-0.1, -0.05) is 18.6 Å². The minimum Gasteiger partial charge on any atom is -0.346 e. The fourth-order valence-corrected chi connectivity index (χ4v) is 5.26. The molecule has 2 aliphatic rings. The van der Waals surface area contributed by atoms with E-state index in [9.17, 15) is 13.2 Å². The fraction of sp³-hybridized carbons (Fsp3) is 0.435. The van der Waals surface area contributed by atoms with Crippen LogP contribution in [0, 0.1) is 25.7 Å². The third-order valence-electron chi connectivity index (χ3n) is 6.57. The summed E-state index contributed by atoms with van der Waals surface area (Å²) in [6.07, 6.45) is 0.524. The van der Waals surface area contributed by atoms with Crippen molar-refractivity contribution in [1.29, 1.82) is 0 Å². The molecule has 2 fully saturated rings. The molecule has 3 heterocycles. The highest BCUT2D eigenvalue weighted by Gasteiger charge is 2.48. The van der Waals surface area contributed by atoms with Crippen molar-refractivity contribution in [2.75, 3.05) is 11.4 Å². The average molecular weight is 427 g/mol. The smallest absolute Gasteiger partial charge is 0.346 e. The summed E-state index contributed by atoms with van der Waals surface area (Å²) >= 11 is 0. The molecule has 31 heavy (non-hydrogen) atoms. The van der Waals surface area contributed by atoms with E-state index in [-0.39, 0.29) is 6.04 Å². The summed E-state index contributed by atoms with van der Waals surface area (Å²) in [7, 11) is 0. The van der Waals surface area contributed by atoms with Gasteiger partial charge in [-0.2, -0.15) is 13.2 Å². The van der Waals surface area contributed by atoms with E-state index < -0.39 is 11.7 Å². The van der Waals surface area contributed by atoms with Crippen LogP contribution in [0.4, 0.5) is 19.0 Å². The molecular formula is C23H24F3N5. The normalized spacial score (nSPS) is 23.4. The van der Waals surface area contributed by atoms with Crippen LogP contribution in [0.1, 0.15) is 47.9 Å². The summed E-state index contributed by atoms with van der Waals surface area (Å²) in [6, 6.07) is 10.2. The molecule has 0 radical (unpaired) electrons. The van der Waals surface area contributed by atoms with Crippen LogP contribution in [-0.2, 0) is 6.18 Å². The topological polar surface area (TPSA) is 46.8 Å². The second-order valence-electron chi connectivity index (χ2n) is 8.70. The number of halogens is 3. The predicted molar refractivity (Wildman–Crippen MR) is 111 cm³/mol. The maximum absolute atomic E-state index is 13.5. The Balaban J connectivity index is 1.61. The molecule has 1 saturated carbocycles. The molecule has 2 aromatic heterocycles. The van der Waals surface area contributed by atoms with E-state index in [2.05, 4.69) is 21.2 Å². The molecule has 8 heteroatoms. The van der Waals surface area contributed by atoms with Crippen LogP contribution in [0.2, 0.25) is 0 Å². The number of alkyl halides is 3. The Kier molecular flexibility index (Phi) is 4.75. The summed E-state index contributed by atoms with van der Waals surface area (Å²) in [6.45, 7) is 4.32. The molecule has 1 aliphatic carbocycles. The number of aromatic nitrogens is 4. The monoisotopic (exact) mass is 427 g/mol. The maximum atomic E-state index is 13.5. The van der Waals surface area contributed by atoms with Gasteiger partial charge in [0.2, 0.25) is 0 Å². The van der Waals surface area contributed by atoms with Crippen molar-refractivity contribution in [1.82, 2.24) is 19.7 Å². The lowest BCUT2D eigenvalue weighted by molar-refractivity contribution is -0.137. The zero-order valence-corrected chi connectivity index (χ0v) is 17.5. The molecule has 0 N–H and O–H groups in total. The lowest BCUT2D eigenvalue weighted by Crippen LogP contribution is -2.29. The zero-order valence-electron chi connectivity index (χ0n) is 17.5. The zero-order chi connectivity index (χ0) is 21.8. The van der Waals surface area contributed by atoms with Gasteiger partial charge in [0.25, 0.3) is 0 Å². The number of rotatable bonds is 3. The van der Waals surface area contributed by atoms with Crippen LogP contribution in [0.15, 0.2) is 42.7 Å². The minimum atomic E-state index is -4.41. The average Bonchev–Trinajstić information content (AvgIpc) is 3.42. The first-order valence-electron chi connectivity index (χ1n) is 10.6. The molecule has 5 rings (SSSR count). The molecule has 3 atom stereocenters. The van der Waals surface area contributed by atoms with Crippen molar-refractivity contribution >= 4 is 5.82 Å². The number of hydrogen-bond acceptors (Lipinski definition) is 4. The number of anilines is 1. The number of pyridine rings is 1. The van der Waals surface area contributed by atoms with Crippen LogP contribution >= 0.6 is 0 Å². The third-order valence-corrected chi connectivity index (χ3v) is 6.57. The van der Waals surface area contributed by atoms with E-state index in [4.69, 9.17) is 0 Å². The lowest BCUT2D eigenvalue weighted by atomic mass is 9.93. The molecule has 1 saturated heterocycles. The standard InChI is InChI=1S/C23H24F3N5/c1-14-5-3-7-18(9-14)31-13-27-29-22(31)21-19-8-4-6-16(19)12-30(21)20-11-17(23(24,25)26)10-15(2)28-20/h3,5,7,9-11,13,16,19,21H,4,6,8,12H2,1-2H3. The van der Waals surface area contributed by atoms with Gasteiger partial charge in [-0.3, -0.25) is 4.57 Å². The number of benzene rings is 1. The van der Waals surface area contributed by atoms with E-state index in [1.165, 1.54) is 6.07 Å². The molecule has 3 aromatic rings. The molecule has 5 nitrogen and oxygen atoms in total. The highest BCUT2D eigenvalue weighted by Crippen LogP contribution is 2.50. The van der Waals surface area contributed by atoms with Crippen LogP contribution in [0.3, 0.4) is 0 Å². The Morgan fingerprint density at radius 1 is 1.06 bits per heavy atom. The van der Waals surface area contributed by atoms with Gasteiger partial charge in [0, 0.05) is 17.9 Å². The Hall–Kier alpha value is -2.90. The predicted octanol–water partition coefficient (Wildman–Crippen LogP) is 5.28. The van der Waals surface area contributed by atoms with Gasteiger partial charge in [-0.15, -0.1) is 10.2 Å². The Morgan fingerprint density at radius 2 is 1.90 bits per heavy atom. The van der Waals surface area contributed by atoms with Crippen LogP contribution < -0.4 is 4.90 Å². The van der Waals surface area contributed by atoms with Gasteiger partial charge in [0.05, 0.1) is 11.6 Å². The maximum Gasteiger partial charge on any atom is 0.416 e. The summed E-state index contributed by atoms with van der Waals surface area (Å²) in [5.41, 5.74) is 1.77. The highest BCUT2D eigenvalue weighted by atomic mass is 19.4. The van der Waals surface area contributed by atoms with Crippen molar-refractivity contribution < 1.29 is 13.2 Å². The second-order valence-corrected chi connectivity index (χ2v) is 8.70. The van der Waals surface area contributed by atoms with Gasteiger partial charge in [-0.25, -0.2) is 4.98 Å². The summed E-state index contributed by atoms with van der Waals surface area (Å²) in [5.74, 6) is 1.87. The van der Waals surface area contributed by atoms with Crippen molar-refractivity contribution in [3.63, 3.8) is 0 Å². The number of fused-ring (bicyclic) bond motifs is 1. The van der Waals surface area contributed by atoms with E-state index in [1.54, 1.807) is 13.3 Å². The van der Waals surface area contributed by atoms with Crippen molar-refractivity contribution in [2.45, 2.75) is 45.3 Å². The molecule has 0 bridgehead atoms. The third kappa shape index (κ3) is 3.58. The van der Waals surface area contributed by atoms with Crippen LogP contribution in [0.25, 0.3) is 5.69 Å². The van der Waals surface area contributed by atoms with Gasteiger partial charge in [0.1, 0.15) is 12.1 Å². The van der Waals surface area contributed by atoms with Crippen molar-refractivity contribution in [2.24, 2.45) is 11.8 Å². The Labute approximate surface area is 178 Å². The van der Waals surface area contributed by atoms with E-state index >= 15 is 0 Å². The van der Waals surface area contributed by atoms with Crippen LogP contribution in [0.5, 0.6) is 0 Å². The van der Waals surface area contributed by atoms with E-state index in [0.29, 0.717) is 29.9 Å². The number of nitrogens with zero attached hydrogens (tertiary/aromatic N) is 5. The van der Waals surface area contributed by atoms with Gasteiger partial charge < -0.3 is 4.90 Å². The largest absolute Gasteiger partial charge is 0.416 e. The van der Waals surface area contributed by atoms with Gasteiger partial charge >= 0.3 is 6.18 Å². The van der Waals surface area contributed by atoms with Crippen LogP contribution in [-0.4, -0.2) is 26.3 Å². The highest BCUT2D eigenvalue weighted by molar-refractivity contribution is 5.48. The van der Waals surface area contributed by atoms with E-state index in [1.807, 2.05) is 34.6 Å². The lowest BCUT2D eigenvalue weighted by Gasteiger charge is -2.29. The Bertz CT molecular complexity index is 1110. The van der Waals surface area contributed by atoms with Gasteiger partial charge in [0.15, 0.2) is 5.82 Å².